The monoisotopic (exact) mass is 303 g/mol. The number of hydrogen-bond acceptors (Lipinski definition) is 8. The van der Waals surface area contributed by atoms with Crippen molar-refractivity contribution in [1.29, 1.82) is 0 Å². The molecule has 0 radical (unpaired) electrons. The highest BCUT2D eigenvalue weighted by Gasteiger charge is 2.12. The van der Waals surface area contributed by atoms with E-state index in [9.17, 15) is 0 Å². The summed E-state index contributed by atoms with van der Waals surface area (Å²) in [6.45, 7) is 1.90. The van der Waals surface area contributed by atoms with E-state index in [1.165, 1.54) is 17.7 Å². The number of hydrogen-bond donors (Lipinski definition) is 1. The first-order valence-electron chi connectivity index (χ1n) is 6.15. The van der Waals surface area contributed by atoms with E-state index in [4.69, 9.17) is 9.47 Å². The van der Waals surface area contributed by atoms with Crippen LogP contribution in [0.5, 0.6) is 11.5 Å². The molecule has 0 bridgehead atoms. The van der Waals surface area contributed by atoms with Gasteiger partial charge in [0.05, 0.1) is 19.7 Å². The number of ether oxygens (including phenoxy) is 2. The van der Waals surface area contributed by atoms with Crippen LogP contribution in [0.25, 0.3) is 10.9 Å². The lowest BCUT2D eigenvalue weighted by Gasteiger charge is -2.10. The van der Waals surface area contributed by atoms with Crippen molar-refractivity contribution in [3.05, 3.63) is 23.5 Å². The Morgan fingerprint density at radius 3 is 2.48 bits per heavy atom. The number of anilines is 2. The van der Waals surface area contributed by atoms with Crippen LogP contribution in [0.3, 0.4) is 0 Å². The van der Waals surface area contributed by atoms with Crippen molar-refractivity contribution in [3.63, 3.8) is 0 Å². The second kappa shape index (κ2) is 5.49. The number of aromatic nitrogens is 4. The molecule has 2 heterocycles. The minimum atomic E-state index is 0.622. The van der Waals surface area contributed by atoms with Gasteiger partial charge in [-0.1, -0.05) is 11.3 Å². The fourth-order valence-electron chi connectivity index (χ4n) is 1.93. The number of aryl methyl sites for hydroxylation is 1. The topological polar surface area (TPSA) is 82.1 Å². The summed E-state index contributed by atoms with van der Waals surface area (Å²) in [4.78, 5) is 8.52. The van der Waals surface area contributed by atoms with Crippen LogP contribution >= 0.6 is 11.3 Å². The van der Waals surface area contributed by atoms with E-state index in [0.29, 0.717) is 22.4 Å². The van der Waals surface area contributed by atoms with Crippen LogP contribution in [0.2, 0.25) is 0 Å². The van der Waals surface area contributed by atoms with Crippen molar-refractivity contribution in [2.45, 2.75) is 6.92 Å². The van der Waals surface area contributed by atoms with E-state index in [0.717, 1.165) is 15.9 Å². The maximum Gasteiger partial charge on any atom is 0.211 e. The molecular formula is C13H13N5O2S. The van der Waals surface area contributed by atoms with Gasteiger partial charge in [-0.2, -0.15) is 0 Å². The Morgan fingerprint density at radius 1 is 1.05 bits per heavy atom. The molecule has 21 heavy (non-hydrogen) atoms. The average Bonchev–Trinajstić information content (AvgIpc) is 2.91. The van der Waals surface area contributed by atoms with E-state index >= 15 is 0 Å². The van der Waals surface area contributed by atoms with Gasteiger partial charge in [0.15, 0.2) is 11.5 Å². The smallest absolute Gasteiger partial charge is 0.211 e. The Hall–Kier alpha value is -2.48. The molecule has 3 aromatic rings. The molecule has 108 valence electrons. The van der Waals surface area contributed by atoms with Gasteiger partial charge >= 0.3 is 0 Å². The van der Waals surface area contributed by atoms with Crippen LogP contribution in [-0.4, -0.2) is 34.4 Å². The molecule has 0 atom stereocenters. The summed E-state index contributed by atoms with van der Waals surface area (Å²) in [7, 11) is 3.18. The van der Waals surface area contributed by atoms with Crippen LogP contribution in [0, 0.1) is 6.92 Å². The summed E-state index contributed by atoms with van der Waals surface area (Å²) in [5.41, 5.74) is 0.756. The third kappa shape index (κ3) is 2.57. The number of methoxy groups -OCH3 is 2. The zero-order chi connectivity index (χ0) is 14.8. The van der Waals surface area contributed by atoms with E-state index < -0.39 is 0 Å². The third-order valence-electron chi connectivity index (χ3n) is 2.89. The summed E-state index contributed by atoms with van der Waals surface area (Å²) in [5, 5.41) is 13.6. The number of benzene rings is 1. The highest BCUT2D eigenvalue weighted by Crippen LogP contribution is 2.34. The predicted molar refractivity (Wildman–Crippen MR) is 80.6 cm³/mol. The first-order valence-corrected chi connectivity index (χ1v) is 6.97. The van der Waals surface area contributed by atoms with Crippen molar-refractivity contribution in [3.8, 4) is 11.5 Å². The molecule has 0 saturated carbocycles. The van der Waals surface area contributed by atoms with Gasteiger partial charge in [0.25, 0.3) is 0 Å². The minimum absolute atomic E-state index is 0.622. The summed E-state index contributed by atoms with van der Waals surface area (Å²) in [6.07, 6.45) is 1.49. The Labute approximate surface area is 125 Å². The second-order valence-electron chi connectivity index (χ2n) is 4.20. The third-order valence-corrected chi connectivity index (χ3v) is 3.65. The maximum absolute atomic E-state index is 5.32. The first-order chi connectivity index (χ1) is 10.2. The van der Waals surface area contributed by atoms with E-state index in [-0.39, 0.29) is 0 Å². The second-order valence-corrected chi connectivity index (χ2v) is 5.38. The molecule has 0 aliphatic rings. The first kappa shape index (κ1) is 13.5. The molecule has 2 aromatic heterocycles. The van der Waals surface area contributed by atoms with Crippen LogP contribution in [0.1, 0.15) is 5.01 Å². The predicted octanol–water partition coefficient (Wildman–Crippen LogP) is 2.55. The van der Waals surface area contributed by atoms with Gasteiger partial charge in [0.2, 0.25) is 5.13 Å². The van der Waals surface area contributed by atoms with Gasteiger partial charge in [-0.3, -0.25) is 0 Å². The Kier molecular flexibility index (Phi) is 3.53. The number of rotatable bonds is 4. The highest BCUT2D eigenvalue weighted by molar-refractivity contribution is 7.15. The minimum Gasteiger partial charge on any atom is -0.493 e. The van der Waals surface area contributed by atoms with Gasteiger partial charge in [-0.15, -0.1) is 10.2 Å². The zero-order valence-corrected chi connectivity index (χ0v) is 12.6. The summed E-state index contributed by atoms with van der Waals surface area (Å²) < 4.78 is 10.6. The molecule has 8 heteroatoms. The number of fused-ring (bicyclic) bond motifs is 1. The lowest BCUT2D eigenvalue weighted by Crippen LogP contribution is -1.97. The molecule has 0 aliphatic carbocycles. The van der Waals surface area contributed by atoms with Crippen LogP contribution in [0.15, 0.2) is 18.5 Å². The molecule has 0 aliphatic heterocycles. The highest BCUT2D eigenvalue weighted by atomic mass is 32.1. The van der Waals surface area contributed by atoms with E-state index in [2.05, 4.69) is 25.5 Å². The molecule has 0 unspecified atom stereocenters. The van der Waals surface area contributed by atoms with Gasteiger partial charge in [-0.25, -0.2) is 9.97 Å². The van der Waals surface area contributed by atoms with Crippen molar-refractivity contribution < 1.29 is 9.47 Å². The Balaban J connectivity index is 2.10. The van der Waals surface area contributed by atoms with Crippen molar-refractivity contribution >= 4 is 33.2 Å². The normalized spacial score (nSPS) is 10.6. The molecule has 0 fully saturated rings. The van der Waals surface area contributed by atoms with Crippen LogP contribution in [0.4, 0.5) is 10.9 Å². The van der Waals surface area contributed by atoms with E-state index in [1.54, 1.807) is 14.2 Å². The number of nitrogens with one attached hydrogen (secondary N) is 1. The summed E-state index contributed by atoms with van der Waals surface area (Å²) in [6, 6.07) is 3.65. The average molecular weight is 303 g/mol. The van der Waals surface area contributed by atoms with Gasteiger partial charge in [-0.05, 0) is 13.0 Å². The SMILES string of the molecule is COc1cc2ncnc(Nc3nnc(C)s3)c2cc1OC. The van der Waals surface area contributed by atoms with Gasteiger partial charge < -0.3 is 14.8 Å². The standard InChI is InChI=1S/C13H13N5O2S/c1-7-17-18-13(21-7)16-12-8-4-10(19-2)11(20-3)5-9(8)14-6-15-12/h4-6H,1-3H3,(H,14,15,16,18). The Bertz CT molecular complexity index is 789. The maximum atomic E-state index is 5.32. The van der Waals surface area contributed by atoms with Gasteiger partial charge in [0.1, 0.15) is 17.2 Å². The molecule has 7 nitrogen and oxygen atoms in total. The molecular weight excluding hydrogens is 290 g/mol. The summed E-state index contributed by atoms with van der Waals surface area (Å²) in [5.74, 6) is 1.90. The fraction of sp³-hybridized carbons (Fsp3) is 0.231. The van der Waals surface area contributed by atoms with Crippen LogP contribution in [-0.2, 0) is 0 Å². The summed E-state index contributed by atoms with van der Waals surface area (Å²) >= 11 is 1.46. The van der Waals surface area contributed by atoms with Gasteiger partial charge in [0, 0.05) is 11.5 Å². The molecule has 1 N–H and O–H groups in total. The lowest BCUT2D eigenvalue weighted by atomic mass is 10.2. The van der Waals surface area contributed by atoms with Crippen LogP contribution < -0.4 is 14.8 Å². The number of nitrogens with zero attached hydrogens (tertiary/aromatic N) is 4. The molecule has 3 rings (SSSR count). The Morgan fingerprint density at radius 2 is 1.81 bits per heavy atom. The fourth-order valence-corrected chi connectivity index (χ4v) is 2.52. The van der Waals surface area contributed by atoms with E-state index in [1.807, 2.05) is 19.1 Å². The van der Waals surface area contributed by atoms with Crippen molar-refractivity contribution in [2.24, 2.45) is 0 Å². The quantitative estimate of drug-likeness (QED) is 0.793. The lowest BCUT2D eigenvalue weighted by molar-refractivity contribution is 0.356. The molecule has 0 amide bonds. The molecule has 0 spiro atoms. The zero-order valence-electron chi connectivity index (χ0n) is 11.7. The van der Waals surface area contributed by atoms with Crippen molar-refractivity contribution in [1.82, 2.24) is 20.2 Å². The molecule has 0 saturated heterocycles. The molecule has 1 aromatic carbocycles. The van der Waals surface area contributed by atoms with Crippen molar-refractivity contribution in [2.75, 3.05) is 19.5 Å². The largest absolute Gasteiger partial charge is 0.493 e.